The Bertz CT molecular complexity index is 1260. The molecule has 8 atom stereocenters. The molecule has 0 bridgehead atoms. The lowest BCUT2D eigenvalue weighted by atomic mass is 9.96. The van der Waals surface area contributed by atoms with Crippen molar-refractivity contribution in [2.45, 2.75) is 102 Å². The van der Waals surface area contributed by atoms with Crippen molar-refractivity contribution in [2.24, 2.45) is 0 Å². The molecule has 1 aliphatic rings. The van der Waals surface area contributed by atoms with Crippen LogP contribution >= 0.6 is 7.52 Å². The van der Waals surface area contributed by atoms with Crippen LogP contribution in [0.15, 0.2) is 47.4 Å². The number of aliphatic hydroxyl groups excluding tert-OH is 2. The maximum atomic E-state index is 14.3. The lowest BCUT2D eigenvalue weighted by Gasteiger charge is -2.32. The first-order valence-electron chi connectivity index (χ1n) is 13.7. The van der Waals surface area contributed by atoms with Crippen LogP contribution in [0.4, 0.5) is 5.82 Å². The number of unbranched alkanes of at least 4 members (excludes halogenated alkanes) is 1. The molecular formula is C27H41N4O9P. The third-order valence-corrected chi connectivity index (χ3v) is 9.15. The van der Waals surface area contributed by atoms with Crippen LogP contribution in [0.3, 0.4) is 0 Å². The van der Waals surface area contributed by atoms with E-state index in [1.807, 2.05) is 13.8 Å². The summed E-state index contributed by atoms with van der Waals surface area (Å²) in [5.74, 6) is -2.76. The number of aliphatic hydroxyl groups is 3. The number of aromatic nitrogens is 2. The zero-order valence-corrected chi connectivity index (χ0v) is 24.6. The zero-order chi connectivity index (χ0) is 30.4. The fourth-order valence-electron chi connectivity index (χ4n) is 4.62. The average Bonchev–Trinajstić information content (AvgIpc) is 3.15. The van der Waals surface area contributed by atoms with Crippen LogP contribution in [0.5, 0.6) is 5.75 Å². The van der Waals surface area contributed by atoms with E-state index in [0.29, 0.717) is 12.8 Å². The minimum absolute atomic E-state index is 0.0669. The molecule has 1 aromatic heterocycles. The largest absolute Gasteiger partial charge is 0.461 e. The van der Waals surface area contributed by atoms with Crippen molar-refractivity contribution in [3.63, 3.8) is 0 Å². The zero-order valence-electron chi connectivity index (χ0n) is 23.8. The molecule has 1 aliphatic heterocycles. The van der Waals surface area contributed by atoms with Crippen molar-refractivity contribution in [3.8, 4) is 5.75 Å². The second-order valence-electron chi connectivity index (χ2n) is 10.4. The number of nitrogens with two attached hydrogens (primary N) is 1. The Labute approximate surface area is 239 Å². The molecule has 14 heteroatoms. The third-order valence-electron chi connectivity index (χ3n) is 6.93. The number of carbonyl (C=O) groups excluding carboxylic acids is 1. The van der Waals surface area contributed by atoms with Gasteiger partial charge in [0.1, 0.15) is 41.5 Å². The van der Waals surface area contributed by atoms with Gasteiger partial charge in [-0.1, -0.05) is 51.3 Å². The van der Waals surface area contributed by atoms with Gasteiger partial charge < -0.3 is 35.1 Å². The lowest BCUT2D eigenvalue weighted by Crippen LogP contribution is -2.49. The molecule has 3 rings (SSSR count). The van der Waals surface area contributed by atoms with Crippen LogP contribution in [0.1, 0.15) is 66.0 Å². The standard InChI is InChI=1S/C27H41N4O9P/c1-5-7-12-18(11-6-2)38-23(33)17(3)30-41(37,40-19-13-9-8-10-14-19)24(34)21-22(32)27(4,36)25(39-21)31-16-15-20(28)29-26(31)35/h8-10,13-18,21-22,24-25,32,34,36H,5-7,11-12H2,1-4H3,(H,30,37)(H2,28,29,35)/t17-,18?,21-,22+,24?,25+,27+,41?/m0/s1. The normalized spacial score (nSPS) is 26.1. The van der Waals surface area contributed by atoms with Crippen molar-refractivity contribution in [2.75, 3.05) is 5.73 Å². The van der Waals surface area contributed by atoms with Gasteiger partial charge in [-0.3, -0.25) is 13.9 Å². The molecular weight excluding hydrogens is 555 g/mol. The first-order valence-corrected chi connectivity index (χ1v) is 15.4. The highest BCUT2D eigenvalue weighted by molar-refractivity contribution is 7.58. The number of hydrogen-bond acceptors (Lipinski definition) is 11. The highest BCUT2D eigenvalue weighted by atomic mass is 31.2. The monoisotopic (exact) mass is 596 g/mol. The molecule has 41 heavy (non-hydrogen) atoms. The topological polar surface area (TPSA) is 195 Å². The van der Waals surface area contributed by atoms with E-state index in [-0.39, 0.29) is 17.7 Å². The number of rotatable bonds is 14. The van der Waals surface area contributed by atoms with Gasteiger partial charge in [0.25, 0.3) is 0 Å². The van der Waals surface area contributed by atoms with E-state index < -0.39 is 55.1 Å². The van der Waals surface area contributed by atoms with Crippen LogP contribution in [-0.2, 0) is 18.8 Å². The van der Waals surface area contributed by atoms with Crippen molar-refractivity contribution in [1.82, 2.24) is 14.6 Å². The highest BCUT2D eigenvalue weighted by Crippen LogP contribution is 2.53. The predicted octanol–water partition coefficient (Wildman–Crippen LogP) is 2.31. The number of para-hydroxylation sites is 1. The molecule has 2 heterocycles. The quantitative estimate of drug-likeness (QED) is 0.158. The van der Waals surface area contributed by atoms with Crippen LogP contribution in [-0.4, -0.2) is 66.6 Å². The summed E-state index contributed by atoms with van der Waals surface area (Å²) in [5.41, 5.74) is 2.54. The van der Waals surface area contributed by atoms with Crippen LogP contribution < -0.4 is 21.0 Å². The molecule has 2 aromatic rings. The predicted molar refractivity (Wildman–Crippen MR) is 151 cm³/mol. The number of carbonyl (C=O) groups is 1. The van der Waals surface area contributed by atoms with Crippen molar-refractivity contribution >= 4 is 19.3 Å². The van der Waals surface area contributed by atoms with E-state index in [2.05, 4.69) is 10.1 Å². The molecule has 1 aromatic carbocycles. The van der Waals surface area contributed by atoms with Crippen LogP contribution in [0.25, 0.3) is 0 Å². The Morgan fingerprint density at radius 1 is 1.24 bits per heavy atom. The van der Waals surface area contributed by atoms with E-state index >= 15 is 0 Å². The minimum atomic E-state index is -4.52. The van der Waals surface area contributed by atoms with E-state index in [4.69, 9.17) is 19.7 Å². The Kier molecular flexibility index (Phi) is 11.1. The summed E-state index contributed by atoms with van der Waals surface area (Å²) >= 11 is 0. The fraction of sp³-hybridized carbons (Fsp3) is 0.593. The Hall–Kier alpha value is -2.80. The van der Waals surface area contributed by atoms with Gasteiger partial charge in [0, 0.05) is 6.20 Å². The lowest BCUT2D eigenvalue weighted by molar-refractivity contribution is -0.151. The van der Waals surface area contributed by atoms with Gasteiger partial charge in [-0.15, -0.1) is 0 Å². The second-order valence-corrected chi connectivity index (χ2v) is 12.6. The van der Waals surface area contributed by atoms with Gasteiger partial charge >= 0.3 is 19.2 Å². The molecule has 6 N–H and O–H groups in total. The smallest absolute Gasteiger partial charge is 0.351 e. The number of nitrogen functional groups attached to an aromatic ring is 1. The summed E-state index contributed by atoms with van der Waals surface area (Å²) in [5, 5.41) is 36.1. The third kappa shape index (κ3) is 7.73. The minimum Gasteiger partial charge on any atom is -0.461 e. The maximum absolute atomic E-state index is 14.3. The number of anilines is 1. The molecule has 1 fully saturated rings. The summed E-state index contributed by atoms with van der Waals surface area (Å²) in [7, 11) is -4.52. The number of nitrogens with one attached hydrogen (secondary N) is 1. The van der Waals surface area contributed by atoms with Gasteiger partial charge in [0.15, 0.2) is 12.1 Å². The molecule has 0 aliphatic carbocycles. The second kappa shape index (κ2) is 13.9. The first kappa shape index (κ1) is 32.7. The molecule has 13 nitrogen and oxygen atoms in total. The maximum Gasteiger partial charge on any atom is 0.351 e. The van der Waals surface area contributed by atoms with Crippen LogP contribution in [0.2, 0.25) is 0 Å². The van der Waals surface area contributed by atoms with Gasteiger partial charge in [-0.25, -0.2) is 9.88 Å². The van der Waals surface area contributed by atoms with Crippen molar-refractivity contribution in [3.05, 3.63) is 53.1 Å². The summed E-state index contributed by atoms with van der Waals surface area (Å²) in [6, 6.07) is 8.04. The van der Waals surface area contributed by atoms with Gasteiger partial charge in [0.2, 0.25) is 0 Å². The van der Waals surface area contributed by atoms with Gasteiger partial charge in [-0.2, -0.15) is 4.98 Å². The van der Waals surface area contributed by atoms with Crippen molar-refractivity contribution < 1.29 is 38.7 Å². The summed E-state index contributed by atoms with van der Waals surface area (Å²) in [6.45, 7) is 6.63. The van der Waals surface area contributed by atoms with E-state index in [1.54, 1.807) is 18.2 Å². The summed E-state index contributed by atoms with van der Waals surface area (Å²) < 4.78 is 32.4. The highest BCUT2D eigenvalue weighted by Gasteiger charge is 2.59. The number of hydrogen-bond donors (Lipinski definition) is 5. The Balaban J connectivity index is 1.90. The van der Waals surface area contributed by atoms with E-state index in [1.165, 1.54) is 38.2 Å². The summed E-state index contributed by atoms with van der Waals surface area (Å²) in [4.78, 5) is 29.1. The van der Waals surface area contributed by atoms with Gasteiger partial charge in [-0.05, 0) is 44.9 Å². The SMILES string of the molecule is CCCCC(CCC)OC(=O)[C@H](C)NP(=O)(Oc1ccccc1)C(O)[C@H]1O[C@@H](n2ccc(N)nc2=O)[C@](C)(O)[C@@H]1O. The van der Waals surface area contributed by atoms with E-state index in [0.717, 1.165) is 23.8 Å². The molecule has 0 saturated carbocycles. The molecule has 228 valence electrons. The molecule has 1 saturated heterocycles. The first-order chi connectivity index (χ1) is 19.3. The number of ether oxygens (including phenoxy) is 2. The molecule has 0 amide bonds. The fourth-order valence-corrected chi connectivity index (χ4v) is 6.63. The Morgan fingerprint density at radius 3 is 2.54 bits per heavy atom. The Morgan fingerprint density at radius 2 is 1.93 bits per heavy atom. The number of benzene rings is 1. The molecule has 0 radical (unpaired) electrons. The molecule has 0 spiro atoms. The molecule has 3 unspecified atom stereocenters. The van der Waals surface area contributed by atoms with E-state index in [9.17, 15) is 29.5 Å². The van der Waals surface area contributed by atoms with Crippen molar-refractivity contribution in [1.29, 1.82) is 0 Å². The average molecular weight is 597 g/mol. The van der Waals surface area contributed by atoms with Crippen LogP contribution in [0, 0.1) is 0 Å². The summed E-state index contributed by atoms with van der Waals surface area (Å²) in [6.07, 6.45) is -0.233. The number of esters is 1. The van der Waals surface area contributed by atoms with Gasteiger partial charge in [0.05, 0.1) is 0 Å². The number of nitrogens with zero attached hydrogens (tertiary/aromatic N) is 2.